The molecular weight excluding hydrogens is 288 g/mol. The van der Waals surface area contributed by atoms with Crippen LogP contribution in [-0.2, 0) is 13.0 Å². The Bertz CT molecular complexity index is 454. The molecule has 2 aromatic heterocycles. The zero-order chi connectivity index (χ0) is 11.4. The number of aromatic nitrogens is 3. The van der Waals surface area contributed by atoms with Crippen LogP contribution in [0.2, 0.25) is 0 Å². The molecule has 6 heteroatoms. The largest absolute Gasteiger partial charge is 0.348 e. The van der Waals surface area contributed by atoms with Crippen LogP contribution in [0.3, 0.4) is 0 Å². The molecule has 0 aromatic carbocycles. The van der Waals surface area contributed by atoms with Crippen molar-refractivity contribution >= 4 is 33.2 Å². The summed E-state index contributed by atoms with van der Waals surface area (Å²) in [5.41, 5.74) is 0. The van der Waals surface area contributed by atoms with E-state index < -0.39 is 0 Å². The Morgan fingerprint density at radius 3 is 2.62 bits per heavy atom. The monoisotopic (exact) mass is 298 g/mol. The van der Waals surface area contributed by atoms with Gasteiger partial charge in [0.15, 0.2) is 0 Å². The number of anilines is 1. The summed E-state index contributed by atoms with van der Waals surface area (Å²) < 4.78 is 0.876. The molecule has 0 spiro atoms. The van der Waals surface area contributed by atoms with Gasteiger partial charge < -0.3 is 5.32 Å². The highest BCUT2D eigenvalue weighted by atomic mass is 79.9. The number of aryl methyl sites for hydroxylation is 1. The van der Waals surface area contributed by atoms with E-state index >= 15 is 0 Å². The molecule has 0 unspecified atom stereocenters. The summed E-state index contributed by atoms with van der Waals surface area (Å²) in [7, 11) is 0. The molecule has 0 aliphatic heterocycles. The topological polar surface area (TPSA) is 50.7 Å². The fourth-order valence-electron chi connectivity index (χ4n) is 1.15. The molecular formula is C10H11BrN4S. The lowest BCUT2D eigenvalue weighted by molar-refractivity contribution is 1.03. The summed E-state index contributed by atoms with van der Waals surface area (Å²) in [6.45, 7) is 2.80. The van der Waals surface area contributed by atoms with Crippen molar-refractivity contribution in [2.45, 2.75) is 19.9 Å². The molecule has 2 rings (SSSR count). The first-order valence-electron chi connectivity index (χ1n) is 4.93. The van der Waals surface area contributed by atoms with E-state index in [0.29, 0.717) is 12.5 Å². The molecule has 0 amide bonds. The third-order valence-corrected chi connectivity index (χ3v) is 3.52. The van der Waals surface area contributed by atoms with Gasteiger partial charge in [-0.2, -0.15) is 0 Å². The maximum Gasteiger partial charge on any atom is 0.223 e. The van der Waals surface area contributed by atoms with Gasteiger partial charge in [0.2, 0.25) is 5.95 Å². The summed E-state index contributed by atoms with van der Waals surface area (Å²) in [5.74, 6) is 0.622. The number of nitrogens with zero attached hydrogens (tertiary/aromatic N) is 3. The lowest BCUT2D eigenvalue weighted by Gasteiger charge is -2.01. The van der Waals surface area contributed by atoms with Crippen LogP contribution in [0.5, 0.6) is 0 Å². The predicted molar refractivity (Wildman–Crippen MR) is 68.6 cm³/mol. The van der Waals surface area contributed by atoms with E-state index in [-0.39, 0.29) is 0 Å². The molecule has 0 fully saturated rings. The van der Waals surface area contributed by atoms with Gasteiger partial charge in [-0.1, -0.05) is 6.92 Å². The van der Waals surface area contributed by atoms with Crippen LogP contribution >= 0.6 is 27.3 Å². The molecule has 0 bridgehead atoms. The molecule has 0 saturated carbocycles. The fraction of sp³-hybridized carbons (Fsp3) is 0.300. The van der Waals surface area contributed by atoms with Crippen molar-refractivity contribution in [3.05, 3.63) is 32.9 Å². The molecule has 0 saturated heterocycles. The zero-order valence-electron chi connectivity index (χ0n) is 8.77. The standard InChI is InChI=1S/C10H11BrN4S/c1-2-8-5-12-9(16-8)6-15-10-13-3-7(11)4-14-10/h3-5H,2,6H2,1H3,(H,13,14,15). The number of nitrogens with one attached hydrogen (secondary N) is 1. The Labute approximate surface area is 106 Å². The number of thiazole rings is 1. The average Bonchev–Trinajstić information content (AvgIpc) is 2.76. The van der Waals surface area contributed by atoms with E-state index in [4.69, 9.17) is 0 Å². The smallest absolute Gasteiger partial charge is 0.223 e. The Morgan fingerprint density at radius 1 is 1.25 bits per heavy atom. The summed E-state index contributed by atoms with van der Waals surface area (Å²) >= 11 is 5.01. The molecule has 1 N–H and O–H groups in total. The van der Waals surface area contributed by atoms with E-state index in [0.717, 1.165) is 15.9 Å². The lowest BCUT2D eigenvalue weighted by atomic mass is 10.4. The predicted octanol–water partition coefficient (Wildman–Crippen LogP) is 2.87. The van der Waals surface area contributed by atoms with Crippen LogP contribution in [0.15, 0.2) is 23.1 Å². The van der Waals surface area contributed by atoms with Gasteiger partial charge in [0.25, 0.3) is 0 Å². The van der Waals surface area contributed by atoms with Crippen LogP contribution in [0.4, 0.5) is 5.95 Å². The van der Waals surface area contributed by atoms with Crippen molar-refractivity contribution < 1.29 is 0 Å². The first-order valence-corrected chi connectivity index (χ1v) is 6.54. The van der Waals surface area contributed by atoms with E-state index in [1.165, 1.54) is 4.88 Å². The first kappa shape index (κ1) is 11.5. The summed E-state index contributed by atoms with van der Waals surface area (Å²) in [6, 6.07) is 0. The minimum Gasteiger partial charge on any atom is -0.348 e. The molecule has 0 radical (unpaired) electrons. The van der Waals surface area contributed by atoms with Gasteiger partial charge in [-0.3, -0.25) is 0 Å². The minimum atomic E-state index is 0.622. The van der Waals surface area contributed by atoms with Gasteiger partial charge in [-0.05, 0) is 22.4 Å². The minimum absolute atomic E-state index is 0.622. The molecule has 2 heterocycles. The molecule has 0 atom stereocenters. The zero-order valence-corrected chi connectivity index (χ0v) is 11.2. The molecule has 0 aliphatic rings. The van der Waals surface area contributed by atoms with Crippen molar-refractivity contribution in [2.24, 2.45) is 0 Å². The summed E-state index contributed by atoms with van der Waals surface area (Å²) in [5, 5.41) is 4.19. The Morgan fingerprint density at radius 2 is 2.00 bits per heavy atom. The van der Waals surface area contributed by atoms with E-state index in [9.17, 15) is 0 Å². The number of hydrogen-bond acceptors (Lipinski definition) is 5. The van der Waals surface area contributed by atoms with Crippen LogP contribution in [0, 0.1) is 0 Å². The van der Waals surface area contributed by atoms with Crippen molar-refractivity contribution in [2.75, 3.05) is 5.32 Å². The number of rotatable bonds is 4. The maximum atomic E-state index is 4.31. The number of halogens is 1. The summed E-state index contributed by atoms with van der Waals surface area (Å²) in [6.07, 6.45) is 6.39. The van der Waals surface area contributed by atoms with Crippen molar-refractivity contribution in [3.8, 4) is 0 Å². The number of hydrogen-bond donors (Lipinski definition) is 1. The van der Waals surface area contributed by atoms with Crippen molar-refractivity contribution in [1.29, 1.82) is 0 Å². The van der Waals surface area contributed by atoms with E-state index in [1.807, 2.05) is 6.20 Å². The first-order chi connectivity index (χ1) is 7.78. The molecule has 16 heavy (non-hydrogen) atoms. The normalized spacial score (nSPS) is 10.4. The second-order valence-corrected chi connectivity index (χ2v) is 5.27. The van der Waals surface area contributed by atoms with Crippen LogP contribution < -0.4 is 5.32 Å². The van der Waals surface area contributed by atoms with Gasteiger partial charge in [-0.25, -0.2) is 15.0 Å². The van der Waals surface area contributed by atoms with Crippen LogP contribution in [0.25, 0.3) is 0 Å². The van der Waals surface area contributed by atoms with Crippen molar-refractivity contribution in [3.63, 3.8) is 0 Å². The van der Waals surface area contributed by atoms with Gasteiger partial charge in [0.05, 0.1) is 11.0 Å². The van der Waals surface area contributed by atoms with Crippen molar-refractivity contribution in [1.82, 2.24) is 15.0 Å². The van der Waals surface area contributed by atoms with Crippen LogP contribution in [-0.4, -0.2) is 15.0 Å². The van der Waals surface area contributed by atoms with Gasteiger partial charge in [-0.15, -0.1) is 11.3 Å². The maximum absolute atomic E-state index is 4.31. The average molecular weight is 299 g/mol. The molecule has 4 nitrogen and oxygen atoms in total. The second kappa shape index (κ2) is 5.36. The third-order valence-electron chi connectivity index (χ3n) is 1.97. The van der Waals surface area contributed by atoms with Gasteiger partial charge >= 0.3 is 0 Å². The van der Waals surface area contributed by atoms with E-state index in [1.54, 1.807) is 23.7 Å². The highest BCUT2D eigenvalue weighted by Gasteiger charge is 2.01. The Hall–Kier alpha value is -1.01. The van der Waals surface area contributed by atoms with Gasteiger partial charge in [0, 0.05) is 23.5 Å². The SMILES string of the molecule is CCc1cnc(CNc2ncc(Br)cn2)s1. The third kappa shape index (κ3) is 2.99. The lowest BCUT2D eigenvalue weighted by Crippen LogP contribution is -2.02. The van der Waals surface area contributed by atoms with Crippen LogP contribution in [0.1, 0.15) is 16.8 Å². The van der Waals surface area contributed by atoms with E-state index in [2.05, 4.69) is 43.1 Å². The highest BCUT2D eigenvalue weighted by molar-refractivity contribution is 9.10. The molecule has 2 aromatic rings. The Balaban J connectivity index is 1.94. The fourth-order valence-corrected chi connectivity index (χ4v) is 2.16. The summed E-state index contributed by atoms with van der Waals surface area (Å²) in [4.78, 5) is 13.9. The quantitative estimate of drug-likeness (QED) is 0.943. The Kier molecular flexibility index (Phi) is 3.84. The second-order valence-electron chi connectivity index (χ2n) is 3.15. The molecule has 84 valence electrons. The highest BCUT2D eigenvalue weighted by Crippen LogP contribution is 2.14. The molecule has 0 aliphatic carbocycles. The van der Waals surface area contributed by atoms with Gasteiger partial charge in [0.1, 0.15) is 5.01 Å².